The minimum absolute atomic E-state index is 0.111. The van der Waals surface area contributed by atoms with E-state index in [-0.39, 0.29) is 18.6 Å². The van der Waals surface area contributed by atoms with Crippen molar-refractivity contribution in [1.29, 1.82) is 0 Å². The molecule has 3 N–H and O–H groups in total. The van der Waals surface area contributed by atoms with Crippen molar-refractivity contribution in [3.63, 3.8) is 0 Å². The second-order valence-electron chi connectivity index (χ2n) is 4.67. The van der Waals surface area contributed by atoms with Crippen molar-refractivity contribution in [2.45, 2.75) is 12.5 Å². The predicted octanol–water partition coefficient (Wildman–Crippen LogP) is -0.361. The summed E-state index contributed by atoms with van der Waals surface area (Å²) in [6.45, 7) is 0.899. The zero-order chi connectivity index (χ0) is 14.4. The van der Waals surface area contributed by atoms with Crippen molar-refractivity contribution in [2.75, 3.05) is 19.7 Å². The first kappa shape index (κ1) is 14.3. The molecule has 108 valence electrons. The molecule has 0 bridgehead atoms. The van der Waals surface area contributed by atoms with E-state index in [0.29, 0.717) is 25.3 Å². The van der Waals surface area contributed by atoms with Crippen LogP contribution in [0.1, 0.15) is 6.42 Å². The molecule has 1 fully saturated rings. The zero-order valence-corrected chi connectivity index (χ0v) is 10.9. The Morgan fingerprint density at radius 1 is 1.50 bits per heavy atom. The minimum atomic E-state index is -0.844. The summed E-state index contributed by atoms with van der Waals surface area (Å²) in [6, 6.07) is 3.24. The number of rotatable bonds is 5. The summed E-state index contributed by atoms with van der Waals surface area (Å²) >= 11 is 0. The molecule has 2 heterocycles. The van der Waals surface area contributed by atoms with Crippen molar-refractivity contribution in [3.05, 3.63) is 24.5 Å². The third-order valence-corrected chi connectivity index (χ3v) is 3.07. The fourth-order valence-corrected chi connectivity index (χ4v) is 2.09. The molecule has 2 rings (SSSR count). The monoisotopic (exact) mass is 279 g/mol. The highest BCUT2D eigenvalue weighted by molar-refractivity contribution is 5.78. The van der Waals surface area contributed by atoms with Gasteiger partial charge in [0.25, 0.3) is 5.91 Å². The van der Waals surface area contributed by atoms with Gasteiger partial charge in [0.1, 0.15) is 5.75 Å². The second-order valence-corrected chi connectivity index (χ2v) is 4.67. The van der Waals surface area contributed by atoms with E-state index in [4.69, 9.17) is 9.84 Å². The van der Waals surface area contributed by atoms with E-state index >= 15 is 0 Å². The molecule has 0 radical (unpaired) electrons. The Hall–Kier alpha value is -2.15. The molecule has 1 aliphatic heterocycles. The molecule has 1 aliphatic rings. The van der Waals surface area contributed by atoms with Crippen molar-refractivity contribution >= 4 is 11.9 Å². The zero-order valence-electron chi connectivity index (χ0n) is 10.9. The number of nitrogens with zero attached hydrogens (tertiary/aromatic N) is 1. The number of aromatic nitrogens is 1. The first-order valence-corrected chi connectivity index (χ1v) is 6.41. The number of nitrogens with one attached hydrogen (secondary N) is 2. The van der Waals surface area contributed by atoms with Gasteiger partial charge in [-0.2, -0.15) is 0 Å². The molecule has 1 aromatic rings. The number of ether oxygens (including phenoxy) is 1. The van der Waals surface area contributed by atoms with Crippen LogP contribution in [0, 0.1) is 5.92 Å². The normalized spacial score (nSPS) is 22.0. The van der Waals surface area contributed by atoms with Crippen LogP contribution >= 0.6 is 0 Å². The van der Waals surface area contributed by atoms with Gasteiger partial charge in [-0.25, -0.2) is 0 Å². The predicted molar refractivity (Wildman–Crippen MR) is 70.3 cm³/mol. The van der Waals surface area contributed by atoms with Gasteiger partial charge in [0.15, 0.2) is 6.61 Å². The fraction of sp³-hybridized carbons (Fsp3) is 0.462. The lowest BCUT2D eigenvalue weighted by Crippen LogP contribution is -2.51. The van der Waals surface area contributed by atoms with Gasteiger partial charge in [-0.05, 0) is 18.6 Å². The summed E-state index contributed by atoms with van der Waals surface area (Å²) < 4.78 is 5.27. The number of carboxylic acid groups (broad SMARTS) is 1. The van der Waals surface area contributed by atoms with Gasteiger partial charge >= 0.3 is 5.97 Å². The highest BCUT2D eigenvalue weighted by Crippen LogP contribution is 2.11. The Bertz CT molecular complexity index is 466. The lowest BCUT2D eigenvalue weighted by Gasteiger charge is -2.28. The Balaban J connectivity index is 1.75. The van der Waals surface area contributed by atoms with Gasteiger partial charge in [0, 0.05) is 25.3 Å². The van der Waals surface area contributed by atoms with Gasteiger partial charge in [-0.15, -0.1) is 0 Å². The van der Waals surface area contributed by atoms with Crippen LogP contribution in [0.25, 0.3) is 0 Å². The third-order valence-electron chi connectivity index (χ3n) is 3.07. The number of hydrogen-bond donors (Lipinski definition) is 3. The van der Waals surface area contributed by atoms with Crippen LogP contribution in [0.2, 0.25) is 0 Å². The van der Waals surface area contributed by atoms with E-state index in [1.165, 1.54) is 6.20 Å². The second kappa shape index (κ2) is 6.85. The molecule has 0 unspecified atom stereocenters. The van der Waals surface area contributed by atoms with Crippen LogP contribution < -0.4 is 15.4 Å². The maximum Gasteiger partial charge on any atom is 0.307 e. The summed E-state index contributed by atoms with van der Waals surface area (Å²) in [5.74, 6) is -1.06. The van der Waals surface area contributed by atoms with Crippen molar-refractivity contribution in [3.8, 4) is 5.75 Å². The first-order valence-electron chi connectivity index (χ1n) is 6.41. The largest absolute Gasteiger partial charge is 0.482 e. The van der Waals surface area contributed by atoms with Crippen molar-refractivity contribution in [1.82, 2.24) is 15.6 Å². The minimum Gasteiger partial charge on any atom is -0.482 e. The molecule has 7 nitrogen and oxygen atoms in total. The van der Waals surface area contributed by atoms with Crippen molar-refractivity contribution < 1.29 is 19.4 Å². The van der Waals surface area contributed by atoms with E-state index in [2.05, 4.69) is 15.6 Å². The maximum atomic E-state index is 11.7. The lowest BCUT2D eigenvalue weighted by molar-refractivity contribution is -0.143. The average molecular weight is 279 g/mol. The Labute approximate surface area is 116 Å². The van der Waals surface area contributed by atoms with Gasteiger partial charge in [0.2, 0.25) is 0 Å². The van der Waals surface area contributed by atoms with Crippen molar-refractivity contribution in [2.24, 2.45) is 5.92 Å². The number of carboxylic acids is 1. The molecular formula is C13H17N3O4. The molecule has 0 aliphatic carbocycles. The summed E-state index contributed by atoms with van der Waals surface area (Å²) in [6.07, 6.45) is 3.57. The molecule has 1 amide bonds. The summed E-state index contributed by atoms with van der Waals surface area (Å²) in [4.78, 5) is 26.5. The third kappa shape index (κ3) is 4.20. The van der Waals surface area contributed by atoms with Gasteiger partial charge in [-0.1, -0.05) is 0 Å². The molecule has 0 aromatic carbocycles. The van der Waals surface area contributed by atoms with Crippen LogP contribution in [0.15, 0.2) is 24.5 Å². The smallest absolute Gasteiger partial charge is 0.307 e. The molecular weight excluding hydrogens is 262 g/mol. The fourth-order valence-electron chi connectivity index (χ4n) is 2.09. The molecule has 1 aromatic heterocycles. The highest BCUT2D eigenvalue weighted by Gasteiger charge is 2.27. The van der Waals surface area contributed by atoms with Crippen LogP contribution in [-0.2, 0) is 9.59 Å². The van der Waals surface area contributed by atoms with E-state index in [0.717, 1.165) is 0 Å². The van der Waals surface area contributed by atoms with Crippen LogP contribution in [0.5, 0.6) is 5.75 Å². The van der Waals surface area contributed by atoms with Gasteiger partial charge < -0.3 is 20.5 Å². The van der Waals surface area contributed by atoms with E-state index in [1.54, 1.807) is 18.3 Å². The maximum absolute atomic E-state index is 11.7. The summed E-state index contributed by atoms with van der Waals surface area (Å²) in [5.41, 5.74) is 0. The van der Waals surface area contributed by atoms with E-state index < -0.39 is 11.9 Å². The molecule has 1 saturated heterocycles. The standard InChI is InChI=1S/C13H17N3O4/c17-12(8-20-11-2-1-3-14-7-11)16-10-4-9(13(18)19)5-15-6-10/h1-3,7,9-10,15H,4-6,8H2,(H,16,17)(H,18,19)/t9-,10+/m1/s1. The topological polar surface area (TPSA) is 101 Å². The molecule has 20 heavy (non-hydrogen) atoms. The van der Waals surface area contributed by atoms with Crippen LogP contribution in [0.4, 0.5) is 0 Å². The number of hydrogen-bond acceptors (Lipinski definition) is 5. The Morgan fingerprint density at radius 2 is 2.35 bits per heavy atom. The quantitative estimate of drug-likeness (QED) is 0.680. The average Bonchev–Trinajstić information content (AvgIpc) is 2.46. The molecule has 2 atom stereocenters. The summed E-state index contributed by atoms with van der Waals surface area (Å²) in [5, 5.41) is 14.7. The molecule has 0 spiro atoms. The number of carbonyl (C=O) groups is 2. The number of amides is 1. The van der Waals surface area contributed by atoms with Crippen LogP contribution in [-0.4, -0.2) is 47.7 Å². The number of piperidine rings is 1. The lowest BCUT2D eigenvalue weighted by atomic mass is 9.96. The van der Waals surface area contributed by atoms with Gasteiger partial charge in [-0.3, -0.25) is 14.6 Å². The number of aliphatic carboxylic acids is 1. The molecule has 0 saturated carbocycles. The first-order chi connectivity index (χ1) is 9.65. The summed E-state index contributed by atoms with van der Waals surface area (Å²) in [7, 11) is 0. The Morgan fingerprint density at radius 3 is 3.05 bits per heavy atom. The van der Waals surface area contributed by atoms with E-state index in [1.807, 2.05) is 0 Å². The Kier molecular flexibility index (Phi) is 4.89. The SMILES string of the molecule is O=C(COc1cccnc1)N[C@@H]1CNC[C@H](C(=O)O)C1. The highest BCUT2D eigenvalue weighted by atomic mass is 16.5. The number of pyridine rings is 1. The van der Waals surface area contributed by atoms with Gasteiger partial charge in [0.05, 0.1) is 12.1 Å². The van der Waals surface area contributed by atoms with Crippen LogP contribution in [0.3, 0.4) is 0 Å². The number of carbonyl (C=O) groups excluding carboxylic acids is 1. The molecule has 7 heteroatoms. The van der Waals surface area contributed by atoms with E-state index in [9.17, 15) is 9.59 Å².